The van der Waals surface area contributed by atoms with Gasteiger partial charge in [-0.2, -0.15) is 0 Å². The highest BCUT2D eigenvalue weighted by Crippen LogP contribution is 2.35. The van der Waals surface area contributed by atoms with Gasteiger partial charge in [-0.1, -0.05) is 6.07 Å². The third kappa shape index (κ3) is 1.25. The molecule has 1 atom stereocenters. The molecular weight excluding hydrogens is 192 g/mol. The lowest BCUT2D eigenvalue weighted by molar-refractivity contribution is -0.120. The van der Waals surface area contributed by atoms with Crippen LogP contribution < -0.4 is 10.2 Å². The van der Waals surface area contributed by atoms with E-state index in [1.54, 1.807) is 12.1 Å². The Morgan fingerprint density at radius 1 is 1.47 bits per heavy atom. The van der Waals surface area contributed by atoms with Crippen LogP contribution in [-0.4, -0.2) is 30.1 Å². The van der Waals surface area contributed by atoms with Gasteiger partial charge in [0.2, 0.25) is 5.91 Å². The van der Waals surface area contributed by atoms with Gasteiger partial charge in [0, 0.05) is 18.3 Å². The van der Waals surface area contributed by atoms with Crippen LogP contribution in [0.1, 0.15) is 5.56 Å². The maximum Gasteiger partial charge on any atom is 0.239 e. The number of benzene rings is 1. The highest BCUT2D eigenvalue weighted by molar-refractivity contribution is 5.84. The second-order valence-corrected chi connectivity index (χ2v) is 4.10. The summed E-state index contributed by atoms with van der Waals surface area (Å²) in [7, 11) is 0. The third-order valence-electron chi connectivity index (χ3n) is 3.12. The number of amides is 1. The molecule has 15 heavy (non-hydrogen) atoms. The van der Waals surface area contributed by atoms with Gasteiger partial charge in [0.15, 0.2) is 0 Å². The second-order valence-electron chi connectivity index (χ2n) is 4.10. The zero-order valence-electron chi connectivity index (χ0n) is 8.23. The van der Waals surface area contributed by atoms with E-state index in [1.165, 1.54) is 5.56 Å². The quantitative estimate of drug-likeness (QED) is 0.637. The number of hydrogen-bond donors (Lipinski definition) is 2. The predicted octanol–water partition coefficient (Wildman–Crippen LogP) is 0.253. The number of nitrogens with one attached hydrogen (secondary N) is 1. The summed E-state index contributed by atoms with van der Waals surface area (Å²) in [6, 6.07) is 5.74. The first-order valence-corrected chi connectivity index (χ1v) is 5.09. The summed E-state index contributed by atoms with van der Waals surface area (Å²) < 4.78 is 0. The number of anilines is 1. The molecule has 1 amide bonds. The van der Waals surface area contributed by atoms with Crippen LogP contribution in [0.2, 0.25) is 0 Å². The zero-order valence-corrected chi connectivity index (χ0v) is 8.23. The van der Waals surface area contributed by atoms with Gasteiger partial charge >= 0.3 is 0 Å². The van der Waals surface area contributed by atoms with Crippen molar-refractivity contribution in [1.29, 1.82) is 0 Å². The first-order valence-electron chi connectivity index (χ1n) is 5.09. The Balaban J connectivity index is 2.02. The number of piperazine rings is 1. The molecule has 1 aromatic rings. The fraction of sp³-hybridized carbons (Fsp3) is 0.364. The van der Waals surface area contributed by atoms with Gasteiger partial charge in [-0.05, 0) is 18.1 Å². The molecule has 2 aliphatic heterocycles. The minimum absolute atomic E-state index is 0.0578. The van der Waals surface area contributed by atoms with E-state index in [-0.39, 0.29) is 11.7 Å². The summed E-state index contributed by atoms with van der Waals surface area (Å²) >= 11 is 0. The van der Waals surface area contributed by atoms with Crippen molar-refractivity contribution in [2.45, 2.75) is 12.5 Å². The number of phenolic OH excluding ortho intramolecular Hbond substituents is 1. The highest BCUT2D eigenvalue weighted by Gasteiger charge is 2.33. The molecule has 3 rings (SSSR count). The van der Waals surface area contributed by atoms with Crippen LogP contribution >= 0.6 is 0 Å². The smallest absolute Gasteiger partial charge is 0.239 e. The van der Waals surface area contributed by atoms with E-state index in [0.717, 1.165) is 12.1 Å². The Bertz CT molecular complexity index is 431. The normalized spacial score (nSPS) is 23.3. The Kier molecular flexibility index (Phi) is 1.65. The number of nitrogens with zero attached hydrogens (tertiary/aromatic N) is 1. The first-order chi connectivity index (χ1) is 7.24. The standard InChI is InChI=1S/C11H12N2O2/c14-9-2-1-7-3-8-5-12-11(15)6-13(8)10(7)4-9/h1-2,4,8,14H,3,5-6H2,(H,12,15). The lowest BCUT2D eigenvalue weighted by Gasteiger charge is -2.31. The van der Waals surface area contributed by atoms with E-state index in [2.05, 4.69) is 10.2 Å². The average Bonchev–Trinajstić information content (AvgIpc) is 2.56. The van der Waals surface area contributed by atoms with Crippen LogP contribution in [0.25, 0.3) is 0 Å². The first kappa shape index (κ1) is 8.59. The number of phenols is 1. The van der Waals surface area contributed by atoms with Gasteiger partial charge < -0.3 is 15.3 Å². The Labute approximate surface area is 87.5 Å². The lowest BCUT2D eigenvalue weighted by atomic mass is 10.1. The SMILES string of the molecule is O=C1CN2c3cc(O)ccc3CC2CN1. The van der Waals surface area contributed by atoms with Gasteiger partial charge in [-0.15, -0.1) is 0 Å². The molecule has 1 unspecified atom stereocenters. The van der Waals surface area contributed by atoms with Gasteiger partial charge in [0.1, 0.15) is 5.75 Å². The Morgan fingerprint density at radius 3 is 3.20 bits per heavy atom. The molecule has 0 aromatic heterocycles. The number of aromatic hydroxyl groups is 1. The van der Waals surface area contributed by atoms with Crippen LogP contribution in [0.5, 0.6) is 5.75 Å². The molecule has 1 fully saturated rings. The molecule has 4 heteroatoms. The van der Waals surface area contributed by atoms with E-state index >= 15 is 0 Å². The van der Waals surface area contributed by atoms with Crippen molar-refractivity contribution in [3.8, 4) is 5.75 Å². The molecule has 0 radical (unpaired) electrons. The topological polar surface area (TPSA) is 52.6 Å². The fourth-order valence-electron chi connectivity index (χ4n) is 2.39. The largest absolute Gasteiger partial charge is 0.508 e. The van der Waals surface area contributed by atoms with Crippen LogP contribution in [0.3, 0.4) is 0 Å². The maximum absolute atomic E-state index is 11.3. The molecule has 2 heterocycles. The van der Waals surface area contributed by atoms with Gasteiger partial charge in [-0.25, -0.2) is 0 Å². The van der Waals surface area contributed by atoms with E-state index in [0.29, 0.717) is 19.1 Å². The van der Waals surface area contributed by atoms with Crippen LogP contribution in [0.4, 0.5) is 5.69 Å². The maximum atomic E-state index is 11.3. The number of hydrogen-bond acceptors (Lipinski definition) is 3. The molecule has 0 spiro atoms. The van der Waals surface area contributed by atoms with Crippen molar-refractivity contribution in [2.24, 2.45) is 0 Å². The Hall–Kier alpha value is -1.71. The number of rotatable bonds is 0. The number of carbonyl (C=O) groups excluding carboxylic acids is 1. The fourth-order valence-corrected chi connectivity index (χ4v) is 2.39. The van der Waals surface area contributed by atoms with Crippen LogP contribution in [-0.2, 0) is 11.2 Å². The van der Waals surface area contributed by atoms with Crippen LogP contribution in [0.15, 0.2) is 18.2 Å². The van der Waals surface area contributed by atoms with E-state index < -0.39 is 0 Å². The minimum atomic E-state index is 0.0578. The third-order valence-corrected chi connectivity index (χ3v) is 3.12. The molecule has 4 nitrogen and oxygen atoms in total. The molecule has 1 saturated heterocycles. The summed E-state index contributed by atoms with van der Waals surface area (Å²) in [5.74, 6) is 0.322. The van der Waals surface area contributed by atoms with E-state index in [9.17, 15) is 9.90 Å². The van der Waals surface area contributed by atoms with Gasteiger partial charge in [-0.3, -0.25) is 4.79 Å². The summed E-state index contributed by atoms with van der Waals surface area (Å²) in [6.45, 7) is 1.11. The zero-order chi connectivity index (χ0) is 10.4. The predicted molar refractivity (Wildman–Crippen MR) is 56.0 cm³/mol. The Morgan fingerprint density at radius 2 is 2.33 bits per heavy atom. The minimum Gasteiger partial charge on any atom is -0.508 e. The summed E-state index contributed by atoms with van der Waals surface area (Å²) in [5, 5.41) is 12.3. The molecule has 1 aromatic carbocycles. The monoisotopic (exact) mass is 204 g/mol. The molecular formula is C11H12N2O2. The molecule has 0 aliphatic carbocycles. The van der Waals surface area contributed by atoms with Crippen molar-refractivity contribution in [2.75, 3.05) is 18.0 Å². The van der Waals surface area contributed by atoms with Crippen LogP contribution in [0, 0.1) is 0 Å². The van der Waals surface area contributed by atoms with Gasteiger partial charge in [0.25, 0.3) is 0 Å². The van der Waals surface area contributed by atoms with E-state index in [1.807, 2.05) is 6.07 Å². The summed E-state index contributed by atoms with van der Waals surface area (Å²) in [6.07, 6.45) is 0.954. The molecule has 0 bridgehead atoms. The molecule has 2 aliphatic rings. The van der Waals surface area contributed by atoms with Crippen molar-refractivity contribution in [1.82, 2.24) is 5.32 Å². The van der Waals surface area contributed by atoms with Crippen molar-refractivity contribution < 1.29 is 9.90 Å². The summed E-state index contributed by atoms with van der Waals surface area (Å²) in [5.41, 5.74) is 2.23. The van der Waals surface area contributed by atoms with Gasteiger partial charge in [0.05, 0.1) is 12.6 Å². The van der Waals surface area contributed by atoms with Crippen molar-refractivity contribution in [3.05, 3.63) is 23.8 Å². The number of carbonyl (C=O) groups is 1. The summed E-state index contributed by atoms with van der Waals surface area (Å²) in [4.78, 5) is 13.4. The molecule has 78 valence electrons. The number of fused-ring (bicyclic) bond motifs is 3. The lowest BCUT2D eigenvalue weighted by Crippen LogP contribution is -2.52. The molecule has 2 N–H and O–H groups in total. The van der Waals surface area contributed by atoms with E-state index in [4.69, 9.17) is 0 Å². The molecule has 0 saturated carbocycles. The average molecular weight is 204 g/mol. The second kappa shape index (κ2) is 2.89. The van der Waals surface area contributed by atoms with Crippen molar-refractivity contribution >= 4 is 11.6 Å². The van der Waals surface area contributed by atoms with Crippen molar-refractivity contribution in [3.63, 3.8) is 0 Å². The highest BCUT2D eigenvalue weighted by atomic mass is 16.3.